The van der Waals surface area contributed by atoms with E-state index in [9.17, 15) is 18.3 Å². The van der Waals surface area contributed by atoms with Crippen LogP contribution in [-0.4, -0.2) is 38.5 Å². The Balaban J connectivity index is 1.82. The highest BCUT2D eigenvalue weighted by molar-refractivity contribution is 5.28. The standard InChI is InChI=1S/C17H26F3N5O/c1-9-13(23-8-24(9)2)10-4-11-6-16(26,7-12(11)5-10)15(25(3)22)14(21)17(18,19)20/h8,10-12,26H,4-7,21-22H2,1-3H3/b15-14-. The zero-order chi connectivity index (χ0) is 19.4. The zero-order valence-corrected chi connectivity index (χ0v) is 15.2. The number of nitrogens with zero attached hydrogens (tertiary/aromatic N) is 3. The number of hydrogen-bond acceptors (Lipinski definition) is 5. The lowest BCUT2D eigenvalue weighted by Crippen LogP contribution is -2.45. The molecule has 2 fully saturated rings. The summed E-state index contributed by atoms with van der Waals surface area (Å²) in [5.41, 5.74) is 4.07. The molecule has 9 heteroatoms. The van der Waals surface area contributed by atoms with Crippen LogP contribution in [0.25, 0.3) is 0 Å². The van der Waals surface area contributed by atoms with Crippen molar-refractivity contribution in [3.63, 3.8) is 0 Å². The van der Waals surface area contributed by atoms with Gasteiger partial charge in [-0.2, -0.15) is 13.2 Å². The molecule has 0 saturated heterocycles. The topological polar surface area (TPSA) is 93.3 Å². The number of hydrogen-bond donors (Lipinski definition) is 3. The van der Waals surface area contributed by atoms with Crippen LogP contribution in [0.5, 0.6) is 0 Å². The minimum atomic E-state index is -4.73. The van der Waals surface area contributed by atoms with E-state index in [1.807, 2.05) is 18.5 Å². The molecule has 5 N–H and O–H groups in total. The van der Waals surface area contributed by atoms with Crippen molar-refractivity contribution in [2.24, 2.45) is 30.5 Å². The second-order valence-electron chi connectivity index (χ2n) is 7.83. The van der Waals surface area contributed by atoms with Crippen LogP contribution in [0.4, 0.5) is 13.2 Å². The Kier molecular flexibility index (Phi) is 4.51. The molecule has 1 aromatic heterocycles. The third-order valence-corrected chi connectivity index (χ3v) is 6.05. The number of nitrogens with two attached hydrogens (primary N) is 2. The molecule has 0 amide bonds. The van der Waals surface area contributed by atoms with Crippen molar-refractivity contribution in [2.45, 2.75) is 50.3 Å². The van der Waals surface area contributed by atoms with E-state index >= 15 is 0 Å². The van der Waals surface area contributed by atoms with Gasteiger partial charge in [-0.15, -0.1) is 0 Å². The number of fused-ring (bicyclic) bond motifs is 1. The van der Waals surface area contributed by atoms with Gasteiger partial charge in [-0.05, 0) is 44.4 Å². The number of rotatable bonds is 3. The van der Waals surface area contributed by atoms with Gasteiger partial charge in [0.05, 0.1) is 17.7 Å². The van der Waals surface area contributed by atoms with Crippen LogP contribution < -0.4 is 11.6 Å². The highest BCUT2D eigenvalue weighted by atomic mass is 19.4. The fourth-order valence-corrected chi connectivity index (χ4v) is 4.89. The Labute approximate surface area is 150 Å². The van der Waals surface area contributed by atoms with Gasteiger partial charge in [0, 0.05) is 25.7 Å². The van der Waals surface area contributed by atoms with Crippen molar-refractivity contribution in [2.75, 3.05) is 7.05 Å². The summed E-state index contributed by atoms with van der Waals surface area (Å²) in [4.78, 5) is 4.48. The number of aliphatic hydroxyl groups is 1. The summed E-state index contributed by atoms with van der Waals surface area (Å²) < 4.78 is 41.3. The van der Waals surface area contributed by atoms with Gasteiger partial charge in [-0.25, -0.2) is 10.8 Å². The Morgan fingerprint density at radius 1 is 1.35 bits per heavy atom. The summed E-state index contributed by atoms with van der Waals surface area (Å²) in [6.45, 7) is 2.01. The van der Waals surface area contributed by atoms with Crippen LogP contribution in [0.2, 0.25) is 0 Å². The van der Waals surface area contributed by atoms with Gasteiger partial charge in [0.15, 0.2) is 0 Å². The van der Waals surface area contributed by atoms with Crippen LogP contribution in [0.1, 0.15) is 43.0 Å². The second-order valence-corrected chi connectivity index (χ2v) is 7.83. The normalized spacial score (nSPS) is 32.5. The van der Waals surface area contributed by atoms with Crippen LogP contribution in [0.3, 0.4) is 0 Å². The SMILES string of the molecule is Cc1c(C2CC3CC(O)(/C(=C(/N)C(F)(F)F)N(C)N)CC3C2)ncn1C. The molecule has 146 valence electrons. The van der Waals surface area contributed by atoms with E-state index in [-0.39, 0.29) is 30.6 Å². The molecule has 0 aromatic carbocycles. The van der Waals surface area contributed by atoms with Gasteiger partial charge in [-0.1, -0.05) is 0 Å². The van der Waals surface area contributed by atoms with E-state index < -0.39 is 23.2 Å². The molecule has 2 unspecified atom stereocenters. The molecular formula is C17H26F3N5O. The molecule has 1 heterocycles. The molecule has 2 saturated carbocycles. The molecule has 0 spiro atoms. The molecule has 2 aliphatic carbocycles. The highest BCUT2D eigenvalue weighted by Crippen LogP contribution is 2.56. The predicted molar refractivity (Wildman–Crippen MR) is 90.3 cm³/mol. The summed E-state index contributed by atoms with van der Waals surface area (Å²) in [5, 5.41) is 11.8. The number of imidazole rings is 1. The van der Waals surface area contributed by atoms with E-state index in [0.717, 1.165) is 29.2 Å². The fraction of sp³-hybridized carbons (Fsp3) is 0.706. The molecule has 26 heavy (non-hydrogen) atoms. The molecule has 0 aliphatic heterocycles. The lowest BCUT2D eigenvalue weighted by atomic mass is 9.89. The van der Waals surface area contributed by atoms with E-state index in [1.54, 1.807) is 6.33 Å². The Morgan fingerprint density at radius 2 is 1.88 bits per heavy atom. The average molecular weight is 373 g/mol. The summed E-state index contributed by atoms with van der Waals surface area (Å²) in [5.74, 6) is 6.14. The first kappa shape index (κ1) is 19.0. The first-order chi connectivity index (χ1) is 11.9. The summed E-state index contributed by atoms with van der Waals surface area (Å²) in [6, 6.07) is 0. The first-order valence-corrected chi connectivity index (χ1v) is 8.70. The van der Waals surface area contributed by atoms with Gasteiger partial charge < -0.3 is 20.4 Å². The average Bonchev–Trinajstić information content (AvgIpc) is 3.10. The number of halogens is 3. The van der Waals surface area contributed by atoms with Crippen molar-refractivity contribution < 1.29 is 18.3 Å². The Hall–Kier alpha value is -1.74. The fourth-order valence-electron chi connectivity index (χ4n) is 4.89. The molecular weight excluding hydrogens is 347 g/mol. The van der Waals surface area contributed by atoms with Crippen molar-refractivity contribution in [3.8, 4) is 0 Å². The van der Waals surface area contributed by atoms with E-state index in [4.69, 9.17) is 11.6 Å². The smallest absolute Gasteiger partial charge is 0.393 e. The molecule has 3 rings (SSSR count). The van der Waals surface area contributed by atoms with Gasteiger partial charge in [0.2, 0.25) is 0 Å². The summed E-state index contributed by atoms with van der Waals surface area (Å²) >= 11 is 0. The van der Waals surface area contributed by atoms with Crippen molar-refractivity contribution in [1.29, 1.82) is 0 Å². The van der Waals surface area contributed by atoms with Gasteiger partial charge in [0.1, 0.15) is 11.3 Å². The van der Waals surface area contributed by atoms with E-state index in [2.05, 4.69) is 4.98 Å². The summed E-state index contributed by atoms with van der Waals surface area (Å²) in [7, 11) is 3.22. The monoisotopic (exact) mass is 373 g/mol. The Bertz CT molecular complexity index is 710. The maximum absolute atomic E-state index is 13.1. The molecule has 0 radical (unpaired) electrons. The quantitative estimate of drug-likeness (QED) is 0.556. The number of hydrazine groups is 1. The zero-order valence-electron chi connectivity index (χ0n) is 15.2. The predicted octanol–water partition coefficient (Wildman–Crippen LogP) is 1.90. The number of allylic oxidation sites excluding steroid dienone is 1. The minimum absolute atomic E-state index is 0.127. The molecule has 2 atom stereocenters. The van der Waals surface area contributed by atoms with Gasteiger partial charge in [-0.3, -0.25) is 0 Å². The number of aryl methyl sites for hydroxylation is 1. The van der Waals surface area contributed by atoms with Crippen LogP contribution in [-0.2, 0) is 7.05 Å². The number of likely N-dealkylation sites (N-methyl/N-ethyl adjacent to an activating group) is 1. The maximum Gasteiger partial charge on any atom is 0.432 e. The third kappa shape index (κ3) is 3.07. The van der Waals surface area contributed by atoms with Gasteiger partial charge >= 0.3 is 6.18 Å². The number of aromatic nitrogens is 2. The maximum atomic E-state index is 13.1. The molecule has 0 bridgehead atoms. The summed E-state index contributed by atoms with van der Waals surface area (Å²) in [6.07, 6.45) is -0.884. The second kappa shape index (κ2) is 6.16. The molecule has 6 nitrogen and oxygen atoms in total. The third-order valence-electron chi connectivity index (χ3n) is 6.05. The van der Waals surface area contributed by atoms with E-state index in [0.29, 0.717) is 0 Å². The molecule has 2 aliphatic rings. The number of alkyl halides is 3. The Morgan fingerprint density at radius 3 is 2.27 bits per heavy atom. The highest BCUT2D eigenvalue weighted by Gasteiger charge is 2.54. The van der Waals surface area contributed by atoms with Crippen molar-refractivity contribution >= 4 is 0 Å². The molecule has 1 aromatic rings. The largest absolute Gasteiger partial charge is 0.432 e. The van der Waals surface area contributed by atoms with Crippen LogP contribution in [0, 0.1) is 18.8 Å². The van der Waals surface area contributed by atoms with E-state index in [1.165, 1.54) is 7.05 Å². The lowest BCUT2D eigenvalue weighted by molar-refractivity contribution is -0.0986. The van der Waals surface area contributed by atoms with Crippen LogP contribution >= 0.6 is 0 Å². The first-order valence-electron chi connectivity index (χ1n) is 8.70. The van der Waals surface area contributed by atoms with Crippen molar-refractivity contribution in [3.05, 3.63) is 29.1 Å². The van der Waals surface area contributed by atoms with Crippen LogP contribution in [0.15, 0.2) is 17.7 Å². The lowest BCUT2D eigenvalue weighted by Gasteiger charge is -2.34. The van der Waals surface area contributed by atoms with Crippen molar-refractivity contribution in [1.82, 2.24) is 14.6 Å². The van der Waals surface area contributed by atoms with Gasteiger partial charge in [0.25, 0.3) is 0 Å². The minimum Gasteiger partial charge on any atom is -0.393 e.